The van der Waals surface area contributed by atoms with Gasteiger partial charge in [-0.25, -0.2) is 4.98 Å². The average molecular weight is 261 g/mol. The van der Waals surface area contributed by atoms with Gasteiger partial charge in [0.15, 0.2) is 0 Å². The normalized spacial score (nSPS) is 22.8. The van der Waals surface area contributed by atoms with Crippen LogP contribution in [0.15, 0.2) is 18.2 Å². The van der Waals surface area contributed by atoms with Crippen LogP contribution in [-0.4, -0.2) is 24.5 Å². The van der Waals surface area contributed by atoms with Crippen molar-refractivity contribution in [2.45, 2.75) is 32.6 Å². The molecule has 0 spiro atoms. The summed E-state index contributed by atoms with van der Waals surface area (Å²) in [7, 11) is 1.80. The molecule has 1 amide bonds. The zero-order valence-corrected chi connectivity index (χ0v) is 11.8. The molecule has 2 rings (SSSR count). The van der Waals surface area contributed by atoms with E-state index in [1.165, 1.54) is 25.7 Å². The molecular weight excluding hydrogens is 238 g/mol. The van der Waals surface area contributed by atoms with Crippen LogP contribution in [0.25, 0.3) is 0 Å². The maximum Gasteiger partial charge on any atom is 0.269 e. The van der Waals surface area contributed by atoms with E-state index in [2.05, 4.69) is 22.5 Å². The maximum atomic E-state index is 12.1. The minimum Gasteiger partial charge on any atom is -0.373 e. The molecule has 1 aromatic heterocycles. The Balaban J connectivity index is 1.89. The lowest BCUT2D eigenvalue weighted by atomic mass is 9.80. The lowest BCUT2D eigenvalue weighted by Gasteiger charge is -2.28. The Hall–Kier alpha value is -1.58. The van der Waals surface area contributed by atoms with Crippen molar-refractivity contribution in [2.75, 3.05) is 18.9 Å². The summed E-state index contributed by atoms with van der Waals surface area (Å²) >= 11 is 0. The first-order valence-corrected chi connectivity index (χ1v) is 7.13. The minimum atomic E-state index is -0.0742. The van der Waals surface area contributed by atoms with Crippen LogP contribution in [0, 0.1) is 11.8 Å². The standard InChI is InChI=1S/C15H23N3O/c1-11-6-3-4-7-12(11)10-17-15(19)13-8-5-9-14(16-2)18-13/h5,8-9,11-12H,3-4,6-7,10H2,1-2H3,(H,16,18)(H,17,19). The molecule has 1 heterocycles. The van der Waals surface area contributed by atoms with Gasteiger partial charge in [-0.1, -0.05) is 32.3 Å². The second-order valence-corrected chi connectivity index (χ2v) is 5.39. The molecule has 2 atom stereocenters. The number of rotatable bonds is 4. The lowest BCUT2D eigenvalue weighted by Crippen LogP contribution is -2.33. The van der Waals surface area contributed by atoms with Crippen LogP contribution in [-0.2, 0) is 0 Å². The number of carbonyl (C=O) groups is 1. The predicted molar refractivity (Wildman–Crippen MR) is 77.2 cm³/mol. The molecule has 4 nitrogen and oxygen atoms in total. The summed E-state index contributed by atoms with van der Waals surface area (Å²) < 4.78 is 0. The molecule has 0 bridgehead atoms. The highest BCUT2D eigenvalue weighted by molar-refractivity contribution is 5.92. The first-order valence-electron chi connectivity index (χ1n) is 7.13. The number of hydrogen-bond acceptors (Lipinski definition) is 3. The molecule has 19 heavy (non-hydrogen) atoms. The van der Waals surface area contributed by atoms with Crippen LogP contribution >= 0.6 is 0 Å². The fourth-order valence-corrected chi connectivity index (χ4v) is 2.71. The molecule has 2 unspecified atom stereocenters. The molecule has 1 aliphatic rings. The summed E-state index contributed by atoms with van der Waals surface area (Å²) in [5.41, 5.74) is 0.482. The topological polar surface area (TPSA) is 54.0 Å². The monoisotopic (exact) mass is 261 g/mol. The number of pyridine rings is 1. The van der Waals surface area contributed by atoms with E-state index in [9.17, 15) is 4.79 Å². The van der Waals surface area contributed by atoms with E-state index >= 15 is 0 Å². The Morgan fingerprint density at radius 2 is 2.16 bits per heavy atom. The Bertz CT molecular complexity index is 433. The van der Waals surface area contributed by atoms with E-state index in [0.29, 0.717) is 17.5 Å². The van der Waals surface area contributed by atoms with E-state index in [1.807, 2.05) is 12.1 Å². The van der Waals surface area contributed by atoms with Gasteiger partial charge in [-0.3, -0.25) is 4.79 Å². The van der Waals surface area contributed by atoms with Crippen LogP contribution < -0.4 is 10.6 Å². The van der Waals surface area contributed by atoms with Gasteiger partial charge in [0.2, 0.25) is 0 Å². The lowest BCUT2D eigenvalue weighted by molar-refractivity contribution is 0.0931. The van der Waals surface area contributed by atoms with Crippen LogP contribution in [0.2, 0.25) is 0 Å². The summed E-state index contributed by atoms with van der Waals surface area (Å²) in [6.07, 6.45) is 5.13. The molecule has 1 saturated carbocycles. The largest absolute Gasteiger partial charge is 0.373 e. The number of aromatic nitrogens is 1. The van der Waals surface area contributed by atoms with Crippen molar-refractivity contribution in [1.82, 2.24) is 10.3 Å². The third kappa shape index (κ3) is 3.69. The van der Waals surface area contributed by atoms with Crippen molar-refractivity contribution in [3.05, 3.63) is 23.9 Å². The molecule has 2 N–H and O–H groups in total. The van der Waals surface area contributed by atoms with Crippen LogP contribution in [0.4, 0.5) is 5.82 Å². The van der Waals surface area contributed by atoms with Gasteiger partial charge < -0.3 is 10.6 Å². The summed E-state index contributed by atoms with van der Waals surface area (Å²) in [4.78, 5) is 16.3. The molecule has 0 radical (unpaired) electrons. The maximum absolute atomic E-state index is 12.1. The summed E-state index contributed by atoms with van der Waals surface area (Å²) in [6, 6.07) is 5.44. The van der Waals surface area contributed by atoms with Gasteiger partial charge in [0.1, 0.15) is 11.5 Å². The predicted octanol–water partition coefficient (Wildman–Crippen LogP) is 2.68. The van der Waals surface area contributed by atoms with Crippen molar-refractivity contribution < 1.29 is 4.79 Å². The highest BCUT2D eigenvalue weighted by Crippen LogP contribution is 2.28. The molecule has 1 aromatic rings. The molecule has 0 aliphatic heterocycles. The van der Waals surface area contributed by atoms with Crippen LogP contribution in [0.3, 0.4) is 0 Å². The first-order chi connectivity index (χ1) is 9.20. The van der Waals surface area contributed by atoms with Crippen molar-refractivity contribution in [1.29, 1.82) is 0 Å². The number of carbonyl (C=O) groups excluding carboxylic acids is 1. The molecule has 0 aromatic carbocycles. The quantitative estimate of drug-likeness (QED) is 0.876. The SMILES string of the molecule is CNc1cccc(C(=O)NCC2CCCCC2C)n1. The number of nitrogens with zero attached hydrogens (tertiary/aromatic N) is 1. The molecule has 0 saturated heterocycles. The zero-order valence-electron chi connectivity index (χ0n) is 11.8. The molecule has 4 heteroatoms. The smallest absolute Gasteiger partial charge is 0.269 e. The van der Waals surface area contributed by atoms with Gasteiger partial charge in [-0.15, -0.1) is 0 Å². The second kappa shape index (κ2) is 6.55. The second-order valence-electron chi connectivity index (χ2n) is 5.39. The van der Waals surface area contributed by atoms with E-state index in [4.69, 9.17) is 0 Å². The van der Waals surface area contributed by atoms with Gasteiger partial charge >= 0.3 is 0 Å². The Morgan fingerprint density at radius 1 is 1.37 bits per heavy atom. The minimum absolute atomic E-state index is 0.0742. The third-order valence-corrected chi connectivity index (χ3v) is 4.05. The van der Waals surface area contributed by atoms with Gasteiger partial charge in [0, 0.05) is 13.6 Å². The van der Waals surface area contributed by atoms with Gasteiger partial charge in [0.25, 0.3) is 5.91 Å². The van der Waals surface area contributed by atoms with Crippen LogP contribution in [0.5, 0.6) is 0 Å². The Labute approximate surface area is 115 Å². The Kier molecular flexibility index (Phi) is 4.77. The summed E-state index contributed by atoms with van der Waals surface area (Å²) in [6.45, 7) is 3.06. The fraction of sp³-hybridized carbons (Fsp3) is 0.600. The van der Waals surface area contributed by atoms with Crippen molar-refractivity contribution in [3.63, 3.8) is 0 Å². The van der Waals surface area contributed by atoms with Gasteiger partial charge in [-0.05, 0) is 30.4 Å². The number of hydrogen-bond donors (Lipinski definition) is 2. The first kappa shape index (κ1) is 13.8. The van der Waals surface area contributed by atoms with Gasteiger partial charge in [0.05, 0.1) is 0 Å². The number of nitrogens with one attached hydrogen (secondary N) is 2. The van der Waals surface area contributed by atoms with Crippen molar-refractivity contribution >= 4 is 11.7 Å². The van der Waals surface area contributed by atoms with Crippen molar-refractivity contribution in [2.24, 2.45) is 11.8 Å². The molecule has 1 aliphatic carbocycles. The number of anilines is 1. The van der Waals surface area contributed by atoms with E-state index in [0.717, 1.165) is 12.4 Å². The van der Waals surface area contributed by atoms with Crippen molar-refractivity contribution in [3.8, 4) is 0 Å². The molecular formula is C15H23N3O. The number of amides is 1. The molecule has 1 fully saturated rings. The van der Waals surface area contributed by atoms with E-state index < -0.39 is 0 Å². The van der Waals surface area contributed by atoms with Crippen LogP contribution in [0.1, 0.15) is 43.1 Å². The fourth-order valence-electron chi connectivity index (χ4n) is 2.71. The average Bonchev–Trinajstić information content (AvgIpc) is 2.46. The van der Waals surface area contributed by atoms with E-state index in [-0.39, 0.29) is 5.91 Å². The molecule has 104 valence electrons. The summed E-state index contributed by atoms with van der Waals surface area (Å²) in [5.74, 6) is 1.98. The summed E-state index contributed by atoms with van der Waals surface area (Å²) in [5, 5.41) is 5.96. The third-order valence-electron chi connectivity index (χ3n) is 4.05. The highest BCUT2D eigenvalue weighted by atomic mass is 16.1. The Morgan fingerprint density at radius 3 is 2.89 bits per heavy atom. The van der Waals surface area contributed by atoms with E-state index in [1.54, 1.807) is 13.1 Å². The van der Waals surface area contributed by atoms with Gasteiger partial charge in [-0.2, -0.15) is 0 Å². The highest BCUT2D eigenvalue weighted by Gasteiger charge is 2.21. The zero-order chi connectivity index (χ0) is 13.7.